The minimum absolute atomic E-state index is 0.0120. The molecule has 166 valence electrons. The highest BCUT2D eigenvalue weighted by Crippen LogP contribution is 2.56. The van der Waals surface area contributed by atoms with Crippen LogP contribution >= 0.6 is 0 Å². The highest BCUT2D eigenvalue weighted by Gasteiger charge is 2.63. The fourth-order valence-corrected chi connectivity index (χ4v) is 5.23. The number of fused-ring (bicyclic) bond motifs is 2. The number of hydrogen-bond acceptors (Lipinski definition) is 5. The van der Waals surface area contributed by atoms with Gasteiger partial charge in [-0.1, -0.05) is 0 Å². The molecule has 0 spiro atoms. The molecular formula is C21H22F3N3O4. The van der Waals surface area contributed by atoms with Gasteiger partial charge in [0.05, 0.1) is 30.7 Å². The molecule has 7 nitrogen and oxygen atoms in total. The van der Waals surface area contributed by atoms with Crippen molar-refractivity contribution in [3.8, 4) is 5.75 Å². The Bertz CT molecular complexity index is 1180. The van der Waals surface area contributed by atoms with Crippen LogP contribution in [0.25, 0.3) is 10.9 Å². The van der Waals surface area contributed by atoms with Gasteiger partial charge in [-0.3, -0.25) is 9.18 Å². The third kappa shape index (κ3) is 2.57. The van der Waals surface area contributed by atoms with Crippen molar-refractivity contribution in [1.82, 2.24) is 4.57 Å². The third-order valence-electron chi connectivity index (χ3n) is 7.32. The third-order valence-corrected chi connectivity index (χ3v) is 7.32. The summed E-state index contributed by atoms with van der Waals surface area (Å²) in [7, 11) is 1.30. The lowest BCUT2D eigenvalue weighted by Gasteiger charge is -2.50. The molecule has 1 aliphatic heterocycles. The minimum atomic E-state index is -1.48. The number of halogens is 3. The van der Waals surface area contributed by atoms with E-state index in [2.05, 4.69) is 0 Å². The summed E-state index contributed by atoms with van der Waals surface area (Å²) >= 11 is 0. The molecule has 1 saturated heterocycles. The Kier molecular flexibility index (Phi) is 4.15. The average Bonchev–Trinajstić information content (AvgIpc) is 3.41. The van der Waals surface area contributed by atoms with Gasteiger partial charge in [0.15, 0.2) is 11.6 Å². The van der Waals surface area contributed by atoms with Crippen molar-refractivity contribution < 1.29 is 27.8 Å². The van der Waals surface area contributed by atoms with Gasteiger partial charge in [-0.25, -0.2) is 13.6 Å². The van der Waals surface area contributed by atoms with Crippen LogP contribution in [0.5, 0.6) is 5.75 Å². The number of nitrogens with two attached hydrogens (primary N) is 1. The van der Waals surface area contributed by atoms with Gasteiger partial charge in [0, 0.05) is 36.7 Å². The molecule has 2 saturated carbocycles. The van der Waals surface area contributed by atoms with Gasteiger partial charge in [-0.15, -0.1) is 0 Å². The lowest BCUT2D eigenvalue weighted by atomic mass is 9.57. The summed E-state index contributed by atoms with van der Waals surface area (Å²) in [6, 6.07) is 0.279. The first-order chi connectivity index (χ1) is 14.7. The molecule has 3 fully saturated rings. The highest BCUT2D eigenvalue weighted by molar-refractivity contribution is 5.97. The SMILES string of the molecule is COc1c(N2C[C@]3(N)CC[C@]3(CF)C2)c(F)cc2c(=O)c(C(=O)O)cn([C@@H]3C[C@@H]3F)c12. The number of benzene rings is 1. The first-order valence-electron chi connectivity index (χ1n) is 10.1. The van der Waals surface area contributed by atoms with Crippen LogP contribution < -0.4 is 20.8 Å². The number of carboxylic acid groups (broad SMARTS) is 1. The van der Waals surface area contributed by atoms with E-state index in [1.54, 1.807) is 4.90 Å². The molecule has 3 N–H and O–H groups in total. The zero-order valence-corrected chi connectivity index (χ0v) is 16.8. The van der Waals surface area contributed by atoms with E-state index in [1.807, 2.05) is 0 Å². The second kappa shape index (κ2) is 6.38. The number of pyridine rings is 1. The second-order valence-corrected chi connectivity index (χ2v) is 8.97. The fourth-order valence-electron chi connectivity index (χ4n) is 5.23. The number of ether oxygens (including phenoxy) is 1. The molecule has 2 aliphatic carbocycles. The van der Waals surface area contributed by atoms with Gasteiger partial charge in [0.1, 0.15) is 17.4 Å². The molecule has 0 amide bonds. The summed E-state index contributed by atoms with van der Waals surface area (Å²) < 4.78 is 50.1. The van der Waals surface area contributed by atoms with Gasteiger partial charge in [0.25, 0.3) is 0 Å². The van der Waals surface area contributed by atoms with Crippen molar-refractivity contribution in [3.63, 3.8) is 0 Å². The summed E-state index contributed by atoms with van der Waals surface area (Å²) in [5.41, 5.74) is 3.54. The van der Waals surface area contributed by atoms with Gasteiger partial charge in [-0.05, 0) is 18.9 Å². The monoisotopic (exact) mass is 437 g/mol. The zero-order chi connectivity index (χ0) is 22.3. The molecule has 4 atom stereocenters. The molecular weight excluding hydrogens is 415 g/mol. The number of anilines is 1. The Morgan fingerprint density at radius 3 is 2.58 bits per heavy atom. The summed E-state index contributed by atoms with van der Waals surface area (Å²) in [6.07, 6.45) is 1.22. The molecule has 2 aromatic rings. The topological polar surface area (TPSA) is 97.8 Å². The van der Waals surface area contributed by atoms with Crippen molar-refractivity contribution in [2.45, 2.75) is 37.0 Å². The van der Waals surface area contributed by atoms with Crippen molar-refractivity contribution >= 4 is 22.6 Å². The number of nitrogens with zero attached hydrogens (tertiary/aromatic N) is 2. The molecule has 0 radical (unpaired) electrons. The lowest BCUT2D eigenvalue weighted by molar-refractivity contribution is 0.0240. The number of carbonyl (C=O) groups is 1. The van der Waals surface area contributed by atoms with Crippen molar-refractivity contribution in [2.75, 3.05) is 31.8 Å². The molecule has 0 bridgehead atoms. The maximum absolute atomic E-state index is 15.4. The van der Waals surface area contributed by atoms with Gasteiger partial charge < -0.3 is 25.0 Å². The van der Waals surface area contributed by atoms with E-state index in [9.17, 15) is 23.5 Å². The molecule has 5 rings (SSSR count). The maximum atomic E-state index is 15.4. The number of methoxy groups -OCH3 is 1. The van der Waals surface area contributed by atoms with Gasteiger partial charge >= 0.3 is 5.97 Å². The first-order valence-corrected chi connectivity index (χ1v) is 10.1. The van der Waals surface area contributed by atoms with E-state index in [0.29, 0.717) is 12.8 Å². The Morgan fingerprint density at radius 1 is 1.39 bits per heavy atom. The highest BCUT2D eigenvalue weighted by atomic mass is 19.1. The van der Waals surface area contributed by atoms with E-state index < -0.39 is 52.6 Å². The predicted octanol–water partition coefficient (Wildman–Crippen LogP) is 2.40. The fraction of sp³-hybridized carbons (Fsp3) is 0.524. The number of aromatic nitrogens is 1. The normalized spacial score (nSPS) is 31.5. The first kappa shape index (κ1) is 20.2. The molecule has 3 aliphatic rings. The van der Waals surface area contributed by atoms with E-state index in [-0.39, 0.29) is 41.9 Å². The average molecular weight is 437 g/mol. The quantitative estimate of drug-likeness (QED) is 0.746. The van der Waals surface area contributed by atoms with Crippen LogP contribution in [0.15, 0.2) is 17.1 Å². The number of hydrogen-bond donors (Lipinski definition) is 2. The van der Waals surface area contributed by atoms with Crippen LogP contribution in [-0.2, 0) is 0 Å². The largest absolute Gasteiger partial charge is 0.492 e. The summed E-state index contributed by atoms with van der Waals surface area (Å²) in [4.78, 5) is 25.9. The van der Waals surface area contributed by atoms with Gasteiger partial charge in [-0.2, -0.15) is 0 Å². The zero-order valence-electron chi connectivity index (χ0n) is 16.8. The standard InChI is InChI=1S/C21H22F3N3O4/c1-31-18-15-10(17(28)11(19(29)30)6-27(15)14-5-12(14)23)4-13(24)16(18)26-8-20(7-22)2-3-21(20,25)9-26/h4,6,12,14H,2-3,5,7-9,25H2,1H3,(H,29,30)/t12-,14+,20-,21+/m0/s1. The lowest BCUT2D eigenvalue weighted by Crippen LogP contribution is -2.64. The summed E-state index contributed by atoms with van der Waals surface area (Å²) in [6.45, 7) is -0.233. The van der Waals surface area contributed by atoms with E-state index >= 15 is 4.39 Å². The smallest absolute Gasteiger partial charge is 0.341 e. The molecule has 0 unspecified atom stereocenters. The van der Waals surface area contributed by atoms with Crippen LogP contribution in [-0.4, -0.2) is 54.2 Å². The number of rotatable bonds is 5. The van der Waals surface area contributed by atoms with E-state index in [4.69, 9.17) is 10.5 Å². The molecule has 10 heteroatoms. The van der Waals surface area contributed by atoms with E-state index in [1.165, 1.54) is 11.7 Å². The molecule has 1 aromatic carbocycles. The Hall–Kier alpha value is -2.75. The predicted molar refractivity (Wildman–Crippen MR) is 107 cm³/mol. The molecule has 1 aromatic heterocycles. The van der Waals surface area contributed by atoms with Crippen LogP contribution in [0.1, 0.15) is 35.7 Å². The number of alkyl halides is 2. The van der Waals surface area contributed by atoms with Gasteiger partial charge in [0.2, 0.25) is 5.43 Å². The number of carboxylic acids is 1. The van der Waals surface area contributed by atoms with E-state index in [0.717, 1.165) is 12.3 Å². The van der Waals surface area contributed by atoms with Crippen molar-refractivity contribution in [2.24, 2.45) is 11.1 Å². The van der Waals surface area contributed by atoms with Crippen molar-refractivity contribution in [1.29, 1.82) is 0 Å². The summed E-state index contributed by atoms with van der Waals surface area (Å²) in [5.74, 6) is -2.30. The second-order valence-electron chi connectivity index (χ2n) is 8.97. The molecule has 2 heterocycles. The van der Waals surface area contributed by atoms with Crippen LogP contribution in [0.2, 0.25) is 0 Å². The Morgan fingerprint density at radius 2 is 2.10 bits per heavy atom. The Labute approximate surface area is 175 Å². The van der Waals surface area contributed by atoms with Crippen LogP contribution in [0, 0.1) is 11.2 Å². The molecule has 31 heavy (non-hydrogen) atoms. The minimum Gasteiger partial charge on any atom is -0.492 e. The summed E-state index contributed by atoms with van der Waals surface area (Å²) in [5, 5.41) is 9.19. The maximum Gasteiger partial charge on any atom is 0.341 e. The Balaban J connectivity index is 1.77. The van der Waals surface area contributed by atoms with Crippen molar-refractivity contribution in [3.05, 3.63) is 33.9 Å². The van der Waals surface area contributed by atoms with Crippen LogP contribution in [0.4, 0.5) is 18.9 Å². The number of aromatic carboxylic acids is 1. The van der Waals surface area contributed by atoms with Crippen LogP contribution in [0.3, 0.4) is 0 Å².